The lowest BCUT2D eigenvalue weighted by Crippen LogP contribution is -2.59. The van der Waals surface area contributed by atoms with E-state index in [1.54, 1.807) is 7.05 Å². The SMILES string of the molecule is CON(C)C(=O)C1CN(C(C)(C)C)C1. The van der Waals surface area contributed by atoms with Gasteiger partial charge in [0.05, 0.1) is 13.0 Å². The molecule has 1 rings (SSSR count). The molecule has 0 N–H and O–H groups in total. The molecular formula is C10H20N2O2. The molecule has 0 aliphatic carbocycles. The normalized spacial score (nSPS) is 19.2. The number of carbonyl (C=O) groups excluding carboxylic acids is 1. The molecule has 82 valence electrons. The Morgan fingerprint density at radius 3 is 2.29 bits per heavy atom. The molecule has 4 nitrogen and oxygen atoms in total. The zero-order valence-electron chi connectivity index (χ0n) is 9.70. The highest BCUT2D eigenvalue weighted by atomic mass is 16.7. The number of nitrogens with zero attached hydrogens (tertiary/aromatic N) is 2. The van der Waals surface area contributed by atoms with Gasteiger partial charge < -0.3 is 0 Å². The first kappa shape index (κ1) is 11.5. The van der Waals surface area contributed by atoms with E-state index >= 15 is 0 Å². The summed E-state index contributed by atoms with van der Waals surface area (Å²) in [5.74, 6) is 0.187. The van der Waals surface area contributed by atoms with Gasteiger partial charge in [-0.15, -0.1) is 0 Å². The van der Waals surface area contributed by atoms with E-state index in [1.165, 1.54) is 12.2 Å². The third-order valence-corrected chi connectivity index (χ3v) is 2.76. The van der Waals surface area contributed by atoms with Crippen molar-refractivity contribution in [3.63, 3.8) is 0 Å². The smallest absolute Gasteiger partial charge is 0.251 e. The zero-order chi connectivity index (χ0) is 10.9. The fourth-order valence-corrected chi connectivity index (χ4v) is 1.53. The fourth-order valence-electron chi connectivity index (χ4n) is 1.53. The van der Waals surface area contributed by atoms with Crippen LogP contribution in [0.5, 0.6) is 0 Å². The van der Waals surface area contributed by atoms with E-state index < -0.39 is 0 Å². The standard InChI is InChI=1S/C10H20N2O2/c1-10(2,3)12-6-8(7-12)9(13)11(4)14-5/h8H,6-7H2,1-5H3. The second-order valence-electron chi connectivity index (χ2n) is 4.79. The second kappa shape index (κ2) is 3.87. The number of hydrogen-bond acceptors (Lipinski definition) is 3. The monoisotopic (exact) mass is 200 g/mol. The molecule has 0 unspecified atom stereocenters. The summed E-state index contributed by atoms with van der Waals surface area (Å²) in [4.78, 5) is 18.7. The van der Waals surface area contributed by atoms with Gasteiger partial charge in [0.2, 0.25) is 0 Å². The maximum atomic E-state index is 11.6. The molecule has 0 aromatic rings. The van der Waals surface area contributed by atoms with Crippen molar-refractivity contribution in [2.75, 3.05) is 27.2 Å². The quantitative estimate of drug-likeness (QED) is 0.616. The van der Waals surface area contributed by atoms with Crippen molar-refractivity contribution in [2.45, 2.75) is 26.3 Å². The first-order valence-corrected chi connectivity index (χ1v) is 4.93. The minimum absolute atomic E-state index is 0.0769. The number of hydrogen-bond donors (Lipinski definition) is 0. The third kappa shape index (κ3) is 2.25. The number of hydroxylamine groups is 2. The first-order valence-electron chi connectivity index (χ1n) is 4.93. The van der Waals surface area contributed by atoms with Gasteiger partial charge in [-0.25, -0.2) is 5.06 Å². The van der Waals surface area contributed by atoms with E-state index in [1.807, 2.05) is 0 Å². The van der Waals surface area contributed by atoms with E-state index in [-0.39, 0.29) is 17.4 Å². The number of carbonyl (C=O) groups is 1. The van der Waals surface area contributed by atoms with Gasteiger partial charge in [0.15, 0.2) is 0 Å². The van der Waals surface area contributed by atoms with Gasteiger partial charge in [-0.1, -0.05) is 0 Å². The van der Waals surface area contributed by atoms with Crippen LogP contribution >= 0.6 is 0 Å². The van der Waals surface area contributed by atoms with Gasteiger partial charge in [0.1, 0.15) is 0 Å². The molecule has 0 aromatic heterocycles. The molecule has 1 aliphatic rings. The molecular weight excluding hydrogens is 180 g/mol. The van der Waals surface area contributed by atoms with Gasteiger partial charge in [-0.2, -0.15) is 0 Å². The van der Waals surface area contributed by atoms with Crippen LogP contribution in [0.4, 0.5) is 0 Å². The number of rotatable bonds is 2. The Hall–Kier alpha value is -0.610. The second-order valence-corrected chi connectivity index (χ2v) is 4.79. The summed E-state index contributed by atoms with van der Waals surface area (Å²) in [7, 11) is 3.17. The Bertz CT molecular complexity index is 217. The average Bonchev–Trinajstić information content (AvgIpc) is 1.97. The van der Waals surface area contributed by atoms with Gasteiger partial charge in [0, 0.05) is 25.7 Å². The van der Waals surface area contributed by atoms with Crippen molar-refractivity contribution in [2.24, 2.45) is 5.92 Å². The van der Waals surface area contributed by atoms with Crippen LogP contribution < -0.4 is 0 Å². The lowest BCUT2D eigenvalue weighted by atomic mass is 9.92. The van der Waals surface area contributed by atoms with Gasteiger partial charge in [0.25, 0.3) is 5.91 Å². The Morgan fingerprint density at radius 1 is 1.43 bits per heavy atom. The predicted molar refractivity (Wildman–Crippen MR) is 54.6 cm³/mol. The van der Waals surface area contributed by atoms with Crippen molar-refractivity contribution >= 4 is 5.91 Å². The minimum Gasteiger partial charge on any atom is -0.297 e. The summed E-state index contributed by atoms with van der Waals surface area (Å²) in [5.41, 5.74) is 0.169. The van der Waals surface area contributed by atoms with Crippen LogP contribution in [0, 0.1) is 5.92 Å². The van der Waals surface area contributed by atoms with Crippen LogP contribution in [-0.4, -0.2) is 48.7 Å². The van der Waals surface area contributed by atoms with E-state index in [9.17, 15) is 4.79 Å². The molecule has 0 spiro atoms. The maximum Gasteiger partial charge on any atom is 0.251 e. The molecule has 0 saturated carbocycles. The molecule has 0 atom stereocenters. The van der Waals surface area contributed by atoms with E-state index in [4.69, 9.17) is 4.84 Å². The third-order valence-electron chi connectivity index (χ3n) is 2.76. The van der Waals surface area contributed by atoms with Crippen LogP contribution in [0.15, 0.2) is 0 Å². The predicted octanol–water partition coefficient (Wildman–Crippen LogP) is 0.736. The van der Waals surface area contributed by atoms with Crippen LogP contribution in [0.25, 0.3) is 0 Å². The molecule has 0 bridgehead atoms. The maximum absolute atomic E-state index is 11.6. The molecule has 14 heavy (non-hydrogen) atoms. The highest BCUT2D eigenvalue weighted by Crippen LogP contribution is 2.26. The molecule has 0 aromatic carbocycles. The van der Waals surface area contributed by atoms with Crippen LogP contribution in [-0.2, 0) is 9.63 Å². The summed E-state index contributed by atoms with van der Waals surface area (Å²) in [6.07, 6.45) is 0. The topological polar surface area (TPSA) is 32.8 Å². The van der Waals surface area contributed by atoms with Crippen LogP contribution in [0.2, 0.25) is 0 Å². The summed E-state index contributed by atoms with van der Waals surface area (Å²) in [6, 6.07) is 0. The first-order chi connectivity index (χ1) is 6.36. The molecule has 1 aliphatic heterocycles. The number of amides is 1. The summed E-state index contributed by atoms with van der Waals surface area (Å²) < 4.78 is 0. The van der Waals surface area contributed by atoms with Crippen molar-refractivity contribution in [3.05, 3.63) is 0 Å². The van der Waals surface area contributed by atoms with E-state index in [0.29, 0.717) is 0 Å². The summed E-state index contributed by atoms with van der Waals surface area (Å²) >= 11 is 0. The lowest BCUT2D eigenvalue weighted by molar-refractivity contribution is -0.180. The van der Waals surface area contributed by atoms with Gasteiger partial charge >= 0.3 is 0 Å². The molecule has 1 amide bonds. The van der Waals surface area contributed by atoms with Crippen LogP contribution in [0.3, 0.4) is 0 Å². The largest absolute Gasteiger partial charge is 0.297 e. The van der Waals surface area contributed by atoms with E-state index in [0.717, 1.165) is 13.1 Å². The molecule has 1 heterocycles. The fraction of sp³-hybridized carbons (Fsp3) is 0.900. The highest BCUT2D eigenvalue weighted by Gasteiger charge is 2.39. The molecule has 1 fully saturated rings. The average molecular weight is 200 g/mol. The molecule has 4 heteroatoms. The number of likely N-dealkylation sites (tertiary alicyclic amines) is 1. The van der Waals surface area contributed by atoms with Crippen molar-refractivity contribution < 1.29 is 9.63 Å². The molecule has 1 saturated heterocycles. The van der Waals surface area contributed by atoms with Crippen molar-refractivity contribution in [1.29, 1.82) is 0 Å². The minimum atomic E-state index is 0.0769. The lowest BCUT2D eigenvalue weighted by Gasteiger charge is -2.47. The van der Waals surface area contributed by atoms with Gasteiger partial charge in [-0.3, -0.25) is 14.5 Å². The Labute approximate surface area is 85.8 Å². The zero-order valence-corrected chi connectivity index (χ0v) is 9.70. The Kier molecular flexibility index (Phi) is 3.17. The van der Waals surface area contributed by atoms with E-state index in [2.05, 4.69) is 25.7 Å². The Balaban J connectivity index is 2.38. The van der Waals surface area contributed by atoms with Crippen molar-refractivity contribution in [1.82, 2.24) is 9.96 Å². The summed E-state index contributed by atoms with van der Waals surface area (Å²) in [6.45, 7) is 8.17. The molecule has 0 radical (unpaired) electrons. The highest BCUT2D eigenvalue weighted by molar-refractivity contribution is 5.79. The summed E-state index contributed by atoms with van der Waals surface area (Å²) in [5, 5.41) is 1.31. The van der Waals surface area contributed by atoms with Gasteiger partial charge in [-0.05, 0) is 20.8 Å². The van der Waals surface area contributed by atoms with Crippen LogP contribution in [0.1, 0.15) is 20.8 Å². The Morgan fingerprint density at radius 2 is 1.93 bits per heavy atom. The van der Waals surface area contributed by atoms with Crippen molar-refractivity contribution in [3.8, 4) is 0 Å².